The molecule has 1 aromatic carbocycles. The number of furan rings is 1. The predicted octanol–water partition coefficient (Wildman–Crippen LogP) is 3.01. The van der Waals surface area contributed by atoms with Crippen LogP contribution in [0.1, 0.15) is 11.9 Å². The lowest BCUT2D eigenvalue weighted by atomic mass is 10.2. The van der Waals surface area contributed by atoms with Crippen molar-refractivity contribution in [2.75, 3.05) is 6.54 Å². The molecule has 0 saturated carbocycles. The molecule has 0 bridgehead atoms. The number of hydrogen-bond acceptors (Lipinski definition) is 3. The molecule has 0 aliphatic rings. The van der Waals surface area contributed by atoms with E-state index in [9.17, 15) is 0 Å². The molecule has 84 valence electrons. The quantitative estimate of drug-likeness (QED) is 0.889. The van der Waals surface area contributed by atoms with Crippen molar-refractivity contribution in [1.29, 1.82) is 0 Å². The predicted molar refractivity (Wildman–Crippen MR) is 62.6 cm³/mol. The van der Waals surface area contributed by atoms with E-state index in [1.165, 1.54) is 0 Å². The summed E-state index contributed by atoms with van der Waals surface area (Å²) in [4.78, 5) is 0. The first-order valence-corrected chi connectivity index (χ1v) is 5.33. The van der Waals surface area contributed by atoms with Gasteiger partial charge in [-0.3, -0.25) is 0 Å². The van der Waals surface area contributed by atoms with E-state index in [1.807, 2.05) is 12.1 Å². The minimum absolute atomic E-state index is 0.267. The minimum Gasteiger partial charge on any atom is -0.481 e. The van der Waals surface area contributed by atoms with Crippen LogP contribution in [0.2, 0.25) is 5.02 Å². The van der Waals surface area contributed by atoms with Gasteiger partial charge in [0, 0.05) is 11.6 Å². The average molecular weight is 238 g/mol. The standard InChI is InChI=1S/C12H12ClNO2/c13-9-3-5-10(6-4-9)16-12(8-14)11-2-1-7-15-11/h1-7,12H,8,14H2. The second-order valence-corrected chi connectivity index (χ2v) is 3.75. The van der Waals surface area contributed by atoms with Crippen molar-refractivity contribution in [3.8, 4) is 5.75 Å². The van der Waals surface area contributed by atoms with Crippen LogP contribution in [0.4, 0.5) is 0 Å². The molecule has 2 aromatic rings. The fourth-order valence-electron chi connectivity index (χ4n) is 1.37. The van der Waals surface area contributed by atoms with Gasteiger partial charge in [0.2, 0.25) is 0 Å². The Balaban J connectivity index is 2.10. The van der Waals surface area contributed by atoms with Crippen molar-refractivity contribution < 1.29 is 9.15 Å². The van der Waals surface area contributed by atoms with Crippen LogP contribution in [0.15, 0.2) is 47.1 Å². The van der Waals surface area contributed by atoms with Crippen LogP contribution in [0.5, 0.6) is 5.75 Å². The van der Waals surface area contributed by atoms with Crippen molar-refractivity contribution >= 4 is 11.6 Å². The molecule has 0 saturated heterocycles. The molecule has 2 N–H and O–H groups in total. The lowest BCUT2D eigenvalue weighted by Gasteiger charge is -2.14. The fourth-order valence-corrected chi connectivity index (χ4v) is 1.50. The molecule has 2 rings (SSSR count). The normalized spacial score (nSPS) is 12.4. The Morgan fingerprint density at radius 2 is 2.00 bits per heavy atom. The van der Waals surface area contributed by atoms with Gasteiger partial charge >= 0.3 is 0 Å². The smallest absolute Gasteiger partial charge is 0.168 e. The summed E-state index contributed by atoms with van der Waals surface area (Å²) in [6.07, 6.45) is 1.33. The van der Waals surface area contributed by atoms with E-state index in [1.54, 1.807) is 30.5 Å². The molecule has 0 spiro atoms. The third kappa shape index (κ3) is 2.56. The van der Waals surface area contributed by atoms with Gasteiger partial charge in [0.15, 0.2) is 6.10 Å². The highest BCUT2D eigenvalue weighted by Crippen LogP contribution is 2.23. The summed E-state index contributed by atoms with van der Waals surface area (Å²) in [6.45, 7) is 0.357. The molecule has 0 aliphatic carbocycles. The molecule has 0 radical (unpaired) electrons. The Labute approximate surface area is 98.8 Å². The van der Waals surface area contributed by atoms with Gasteiger partial charge in [0.25, 0.3) is 0 Å². The Morgan fingerprint density at radius 1 is 1.25 bits per heavy atom. The lowest BCUT2D eigenvalue weighted by Crippen LogP contribution is -2.17. The summed E-state index contributed by atoms with van der Waals surface area (Å²) in [5.74, 6) is 1.44. The van der Waals surface area contributed by atoms with Gasteiger partial charge in [-0.2, -0.15) is 0 Å². The van der Waals surface area contributed by atoms with Gasteiger partial charge in [-0.1, -0.05) is 11.6 Å². The zero-order valence-corrected chi connectivity index (χ0v) is 9.35. The summed E-state index contributed by atoms with van der Waals surface area (Å²) in [5.41, 5.74) is 5.63. The molecule has 3 nitrogen and oxygen atoms in total. The highest BCUT2D eigenvalue weighted by atomic mass is 35.5. The third-order valence-corrected chi connectivity index (χ3v) is 2.42. The first-order valence-electron chi connectivity index (χ1n) is 4.95. The molecule has 0 aliphatic heterocycles. The SMILES string of the molecule is NCC(Oc1ccc(Cl)cc1)c1ccco1. The summed E-state index contributed by atoms with van der Waals surface area (Å²) < 4.78 is 10.9. The van der Waals surface area contributed by atoms with Gasteiger partial charge in [-0.05, 0) is 36.4 Å². The Morgan fingerprint density at radius 3 is 2.56 bits per heavy atom. The first-order chi connectivity index (χ1) is 7.79. The van der Waals surface area contributed by atoms with E-state index >= 15 is 0 Å². The molecule has 16 heavy (non-hydrogen) atoms. The molecule has 4 heteroatoms. The number of ether oxygens (including phenoxy) is 1. The molecule has 1 heterocycles. The van der Waals surface area contributed by atoms with Gasteiger partial charge in [-0.25, -0.2) is 0 Å². The van der Waals surface area contributed by atoms with Crippen LogP contribution in [-0.4, -0.2) is 6.54 Å². The number of hydrogen-bond donors (Lipinski definition) is 1. The average Bonchev–Trinajstić information content (AvgIpc) is 2.82. The van der Waals surface area contributed by atoms with Crippen LogP contribution in [0.25, 0.3) is 0 Å². The van der Waals surface area contributed by atoms with E-state index in [2.05, 4.69) is 0 Å². The fraction of sp³-hybridized carbons (Fsp3) is 0.167. The maximum absolute atomic E-state index is 5.78. The highest BCUT2D eigenvalue weighted by molar-refractivity contribution is 6.30. The molecule has 0 amide bonds. The van der Waals surface area contributed by atoms with Crippen LogP contribution in [-0.2, 0) is 0 Å². The number of rotatable bonds is 4. The van der Waals surface area contributed by atoms with E-state index in [4.69, 9.17) is 26.5 Å². The largest absolute Gasteiger partial charge is 0.481 e. The Bertz CT molecular complexity index is 425. The van der Waals surface area contributed by atoms with Crippen LogP contribution >= 0.6 is 11.6 Å². The van der Waals surface area contributed by atoms with Crippen molar-refractivity contribution in [3.63, 3.8) is 0 Å². The zero-order chi connectivity index (χ0) is 11.4. The van der Waals surface area contributed by atoms with Gasteiger partial charge in [0.1, 0.15) is 11.5 Å². The van der Waals surface area contributed by atoms with Crippen molar-refractivity contribution in [2.45, 2.75) is 6.10 Å². The molecular weight excluding hydrogens is 226 g/mol. The molecule has 1 atom stereocenters. The van der Waals surface area contributed by atoms with E-state index in [0.29, 0.717) is 11.6 Å². The van der Waals surface area contributed by atoms with Crippen LogP contribution < -0.4 is 10.5 Å². The topological polar surface area (TPSA) is 48.4 Å². The Hall–Kier alpha value is -1.45. The second kappa shape index (κ2) is 5.05. The molecule has 1 aromatic heterocycles. The minimum atomic E-state index is -0.267. The third-order valence-electron chi connectivity index (χ3n) is 2.17. The summed E-state index contributed by atoms with van der Waals surface area (Å²) >= 11 is 5.78. The second-order valence-electron chi connectivity index (χ2n) is 3.31. The van der Waals surface area contributed by atoms with Crippen molar-refractivity contribution in [2.24, 2.45) is 5.73 Å². The number of nitrogens with two attached hydrogens (primary N) is 1. The summed E-state index contributed by atoms with van der Waals surface area (Å²) in [7, 11) is 0. The van der Waals surface area contributed by atoms with E-state index in [-0.39, 0.29) is 6.10 Å². The first kappa shape index (κ1) is 11.0. The van der Waals surface area contributed by atoms with Crippen molar-refractivity contribution in [3.05, 3.63) is 53.4 Å². The van der Waals surface area contributed by atoms with E-state index < -0.39 is 0 Å². The monoisotopic (exact) mass is 237 g/mol. The van der Waals surface area contributed by atoms with Gasteiger partial charge < -0.3 is 14.9 Å². The van der Waals surface area contributed by atoms with Crippen LogP contribution in [0, 0.1) is 0 Å². The summed E-state index contributed by atoms with van der Waals surface area (Å²) in [6, 6.07) is 10.8. The van der Waals surface area contributed by atoms with Gasteiger partial charge in [-0.15, -0.1) is 0 Å². The van der Waals surface area contributed by atoms with E-state index in [0.717, 1.165) is 11.5 Å². The highest BCUT2D eigenvalue weighted by Gasteiger charge is 2.13. The van der Waals surface area contributed by atoms with Gasteiger partial charge in [0.05, 0.1) is 6.26 Å². The molecule has 0 fully saturated rings. The van der Waals surface area contributed by atoms with Crippen molar-refractivity contribution in [1.82, 2.24) is 0 Å². The van der Waals surface area contributed by atoms with Crippen LogP contribution in [0.3, 0.4) is 0 Å². The molecule has 1 unspecified atom stereocenters. The maximum Gasteiger partial charge on any atom is 0.168 e. The zero-order valence-electron chi connectivity index (χ0n) is 8.60. The number of benzene rings is 1. The maximum atomic E-state index is 5.78. The summed E-state index contributed by atoms with van der Waals surface area (Å²) in [5, 5.41) is 0.676. The lowest BCUT2D eigenvalue weighted by molar-refractivity contribution is 0.184. The Kier molecular flexibility index (Phi) is 3.49. The molecular formula is C12H12ClNO2. The number of halogens is 1.